The number of fused-ring (bicyclic) bond motifs is 1. The van der Waals surface area contributed by atoms with Crippen molar-refractivity contribution in [3.8, 4) is 5.75 Å². The van der Waals surface area contributed by atoms with Crippen LogP contribution in [0.5, 0.6) is 5.75 Å². The summed E-state index contributed by atoms with van der Waals surface area (Å²) in [6, 6.07) is 21.6. The normalized spacial score (nSPS) is 14.5. The molecule has 0 bridgehead atoms. The maximum absolute atomic E-state index is 13.1. The third-order valence-electron chi connectivity index (χ3n) is 6.08. The van der Waals surface area contributed by atoms with Gasteiger partial charge in [-0.05, 0) is 47.4 Å². The second-order valence-corrected chi connectivity index (χ2v) is 8.14. The lowest BCUT2D eigenvalue weighted by Crippen LogP contribution is -2.43. The molecule has 0 radical (unpaired) electrons. The Kier molecular flexibility index (Phi) is 6.21. The summed E-state index contributed by atoms with van der Waals surface area (Å²) in [5, 5.41) is 2.05. The third-order valence-corrected chi connectivity index (χ3v) is 6.08. The van der Waals surface area contributed by atoms with E-state index in [4.69, 9.17) is 4.74 Å². The Labute approximate surface area is 183 Å². The van der Waals surface area contributed by atoms with Crippen LogP contribution in [0.15, 0.2) is 66.7 Å². The number of ether oxygens (including phenoxy) is 1. The fourth-order valence-corrected chi connectivity index (χ4v) is 4.35. The summed E-state index contributed by atoms with van der Waals surface area (Å²) >= 11 is 0. The first-order chi connectivity index (χ1) is 15.1. The predicted molar refractivity (Wildman–Crippen MR) is 122 cm³/mol. The number of hydrogen-bond donors (Lipinski definition) is 0. The summed E-state index contributed by atoms with van der Waals surface area (Å²) in [6.07, 6.45) is 1.38. The van der Waals surface area contributed by atoms with Crippen LogP contribution in [-0.2, 0) is 11.3 Å². The number of nitrogens with zero attached hydrogens (tertiary/aromatic N) is 2. The average molecular weight is 417 g/mol. The molecule has 1 heterocycles. The van der Waals surface area contributed by atoms with Crippen molar-refractivity contribution in [3.63, 3.8) is 0 Å². The summed E-state index contributed by atoms with van der Waals surface area (Å²) in [4.78, 5) is 29.8. The van der Waals surface area contributed by atoms with Crippen LogP contribution in [0.25, 0.3) is 10.8 Å². The molecule has 0 spiro atoms. The first-order valence-electron chi connectivity index (χ1n) is 10.7. The number of piperidine rings is 1. The molecule has 0 unspecified atom stereocenters. The minimum atomic E-state index is -0.0489. The van der Waals surface area contributed by atoms with Gasteiger partial charge in [0.25, 0.3) is 5.91 Å². The van der Waals surface area contributed by atoms with Gasteiger partial charge in [0.1, 0.15) is 5.75 Å². The van der Waals surface area contributed by atoms with E-state index in [9.17, 15) is 9.59 Å². The Balaban J connectivity index is 1.37. The maximum atomic E-state index is 13.1. The molecule has 5 nitrogen and oxygen atoms in total. The van der Waals surface area contributed by atoms with E-state index in [1.807, 2.05) is 78.7 Å². The lowest BCUT2D eigenvalue weighted by atomic mass is 9.94. The van der Waals surface area contributed by atoms with Gasteiger partial charge in [0.2, 0.25) is 5.91 Å². The van der Waals surface area contributed by atoms with Gasteiger partial charge in [-0.25, -0.2) is 0 Å². The van der Waals surface area contributed by atoms with E-state index in [-0.39, 0.29) is 17.7 Å². The van der Waals surface area contributed by atoms with E-state index in [1.54, 1.807) is 12.0 Å². The number of amides is 2. The zero-order valence-electron chi connectivity index (χ0n) is 18.1. The molecule has 3 aromatic carbocycles. The SMILES string of the molecule is COc1cccc(CN(C)C(=O)C2CCN(C(=O)c3cccc4ccccc34)CC2)c1. The number of benzene rings is 3. The Morgan fingerprint density at radius 3 is 2.48 bits per heavy atom. The van der Waals surface area contributed by atoms with Crippen molar-refractivity contribution in [2.45, 2.75) is 19.4 Å². The van der Waals surface area contributed by atoms with E-state index in [0.717, 1.165) is 27.6 Å². The molecule has 0 aliphatic carbocycles. The standard InChI is InChI=1S/C26H28N2O3/c1-27(18-19-7-5-10-22(17-19)31-2)25(29)21-13-15-28(16-14-21)26(30)24-12-6-9-20-8-3-4-11-23(20)24/h3-12,17,21H,13-16,18H2,1-2H3. The first-order valence-corrected chi connectivity index (χ1v) is 10.7. The van der Waals surface area contributed by atoms with Gasteiger partial charge in [0.05, 0.1) is 7.11 Å². The number of methoxy groups -OCH3 is 1. The zero-order valence-corrected chi connectivity index (χ0v) is 18.1. The highest BCUT2D eigenvalue weighted by atomic mass is 16.5. The highest BCUT2D eigenvalue weighted by Crippen LogP contribution is 2.25. The quantitative estimate of drug-likeness (QED) is 0.621. The smallest absolute Gasteiger partial charge is 0.254 e. The highest BCUT2D eigenvalue weighted by Gasteiger charge is 2.30. The summed E-state index contributed by atoms with van der Waals surface area (Å²) < 4.78 is 5.27. The molecule has 0 saturated carbocycles. The molecule has 1 saturated heterocycles. The molecular weight excluding hydrogens is 388 g/mol. The number of carbonyl (C=O) groups excluding carboxylic acids is 2. The zero-order chi connectivity index (χ0) is 21.8. The minimum Gasteiger partial charge on any atom is -0.497 e. The Morgan fingerprint density at radius 1 is 1.00 bits per heavy atom. The second-order valence-electron chi connectivity index (χ2n) is 8.14. The molecule has 2 amide bonds. The summed E-state index contributed by atoms with van der Waals surface area (Å²) in [5.41, 5.74) is 1.77. The van der Waals surface area contributed by atoms with Crippen LogP contribution in [0.3, 0.4) is 0 Å². The van der Waals surface area contributed by atoms with Crippen molar-refractivity contribution in [2.75, 3.05) is 27.2 Å². The van der Waals surface area contributed by atoms with Crippen molar-refractivity contribution < 1.29 is 14.3 Å². The van der Waals surface area contributed by atoms with Crippen molar-refractivity contribution in [1.29, 1.82) is 0 Å². The van der Waals surface area contributed by atoms with Crippen molar-refractivity contribution in [3.05, 3.63) is 77.9 Å². The fourth-order valence-electron chi connectivity index (χ4n) is 4.35. The van der Waals surface area contributed by atoms with E-state index >= 15 is 0 Å². The molecule has 0 N–H and O–H groups in total. The molecule has 1 fully saturated rings. The molecule has 4 rings (SSSR count). The molecule has 1 aliphatic rings. The number of likely N-dealkylation sites (tertiary alicyclic amines) is 1. The summed E-state index contributed by atoms with van der Waals surface area (Å²) in [5.74, 6) is 0.929. The van der Waals surface area contributed by atoms with E-state index in [0.29, 0.717) is 32.5 Å². The van der Waals surface area contributed by atoms with Crippen molar-refractivity contribution in [2.24, 2.45) is 5.92 Å². The Morgan fingerprint density at radius 2 is 1.71 bits per heavy atom. The number of rotatable bonds is 5. The van der Waals surface area contributed by atoms with Gasteiger partial charge in [-0.1, -0.05) is 48.5 Å². The predicted octanol–water partition coefficient (Wildman–Crippen LogP) is 4.36. The van der Waals surface area contributed by atoms with Gasteiger partial charge < -0.3 is 14.5 Å². The van der Waals surface area contributed by atoms with Crippen LogP contribution in [0, 0.1) is 5.92 Å². The van der Waals surface area contributed by atoms with Crippen LogP contribution in [0.2, 0.25) is 0 Å². The van der Waals surface area contributed by atoms with Gasteiger partial charge in [-0.15, -0.1) is 0 Å². The number of carbonyl (C=O) groups is 2. The molecular formula is C26H28N2O3. The molecule has 0 aromatic heterocycles. The molecule has 31 heavy (non-hydrogen) atoms. The van der Waals surface area contributed by atoms with Gasteiger partial charge >= 0.3 is 0 Å². The van der Waals surface area contributed by atoms with Gasteiger partial charge in [0, 0.05) is 38.2 Å². The molecule has 160 valence electrons. The van der Waals surface area contributed by atoms with Crippen LogP contribution in [0.1, 0.15) is 28.8 Å². The molecule has 1 aliphatic heterocycles. The van der Waals surface area contributed by atoms with Crippen LogP contribution in [0.4, 0.5) is 0 Å². The minimum absolute atomic E-state index is 0.0486. The first kappa shape index (κ1) is 20.9. The van der Waals surface area contributed by atoms with Gasteiger partial charge in [0.15, 0.2) is 0 Å². The molecule has 3 aromatic rings. The van der Waals surface area contributed by atoms with E-state index in [2.05, 4.69) is 0 Å². The van der Waals surface area contributed by atoms with Crippen molar-refractivity contribution in [1.82, 2.24) is 9.80 Å². The summed E-state index contributed by atoms with van der Waals surface area (Å²) in [7, 11) is 3.48. The Bertz CT molecular complexity index is 1080. The molecule has 5 heteroatoms. The second kappa shape index (κ2) is 9.21. The number of hydrogen-bond acceptors (Lipinski definition) is 3. The van der Waals surface area contributed by atoms with Crippen LogP contribution >= 0.6 is 0 Å². The van der Waals surface area contributed by atoms with E-state index < -0.39 is 0 Å². The Hall–Kier alpha value is -3.34. The average Bonchev–Trinajstić information content (AvgIpc) is 2.83. The van der Waals surface area contributed by atoms with Crippen LogP contribution < -0.4 is 4.74 Å². The molecule has 0 atom stereocenters. The largest absolute Gasteiger partial charge is 0.497 e. The van der Waals surface area contributed by atoms with Gasteiger partial charge in [-0.2, -0.15) is 0 Å². The van der Waals surface area contributed by atoms with Crippen LogP contribution in [-0.4, -0.2) is 48.9 Å². The highest BCUT2D eigenvalue weighted by molar-refractivity contribution is 6.07. The fraction of sp³-hybridized carbons (Fsp3) is 0.308. The summed E-state index contributed by atoms with van der Waals surface area (Å²) in [6.45, 7) is 1.75. The van der Waals surface area contributed by atoms with E-state index in [1.165, 1.54) is 0 Å². The third kappa shape index (κ3) is 4.55. The maximum Gasteiger partial charge on any atom is 0.254 e. The van der Waals surface area contributed by atoms with Crippen molar-refractivity contribution >= 4 is 22.6 Å². The van der Waals surface area contributed by atoms with Gasteiger partial charge in [-0.3, -0.25) is 9.59 Å². The topological polar surface area (TPSA) is 49.9 Å². The monoisotopic (exact) mass is 416 g/mol. The lowest BCUT2D eigenvalue weighted by Gasteiger charge is -2.33. The lowest BCUT2D eigenvalue weighted by molar-refractivity contribution is -0.136.